The van der Waals surface area contributed by atoms with Gasteiger partial charge < -0.3 is 10.6 Å². The molecule has 0 spiro atoms. The molecule has 0 saturated heterocycles. The lowest BCUT2D eigenvalue weighted by atomic mass is 10.2. The summed E-state index contributed by atoms with van der Waals surface area (Å²) in [4.78, 5) is 12.4. The smallest absolute Gasteiger partial charge is 0.264 e. The van der Waals surface area contributed by atoms with Crippen molar-refractivity contribution in [1.29, 1.82) is 0 Å². The van der Waals surface area contributed by atoms with Gasteiger partial charge in [-0.2, -0.15) is 0 Å². The highest BCUT2D eigenvalue weighted by Gasteiger charge is 2.22. The molecule has 0 radical (unpaired) electrons. The summed E-state index contributed by atoms with van der Waals surface area (Å²) in [5.41, 5.74) is 1.92. The highest BCUT2D eigenvalue weighted by Crippen LogP contribution is 2.23. The number of halogens is 1. The monoisotopic (exact) mass is 411 g/mol. The molecule has 2 N–H and O–H groups in total. The number of sulfonamides is 1. The molecular formula is C19H26ClN3O3S. The van der Waals surface area contributed by atoms with E-state index in [1.165, 1.54) is 23.5 Å². The van der Waals surface area contributed by atoms with E-state index in [0.717, 1.165) is 5.56 Å². The van der Waals surface area contributed by atoms with Crippen LogP contribution in [0.15, 0.2) is 53.4 Å². The van der Waals surface area contributed by atoms with Gasteiger partial charge in [-0.1, -0.05) is 23.8 Å². The van der Waals surface area contributed by atoms with Gasteiger partial charge in [-0.05, 0) is 51.2 Å². The number of rotatable bonds is 7. The van der Waals surface area contributed by atoms with Crippen molar-refractivity contribution in [2.45, 2.75) is 24.8 Å². The highest BCUT2D eigenvalue weighted by molar-refractivity contribution is 7.92. The van der Waals surface area contributed by atoms with E-state index >= 15 is 0 Å². The Labute approximate surface area is 167 Å². The summed E-state index contributed by atoms with van der Waals surface area (Å²) in [5.74, 6) is -0.304. The Morgan fingerprint density at radius 3 is 2.37 bits per heavy atom. The van der Waals surface area contributed by atoms with Crippen LogP contribution in [0.4, 0.5) is 5.69 Å². The van der Waals surface area contributed by atoms with Crippen LogP contribution in [0.5, 0.6) is 0 Å². The number of nitrogens with one attached hydrogen (secondary N) is 2. The van der Waals surface area contributed by atoms with E-state index in [4.69, 9.17) is 0 Å². The molecule has 0 heterocycles. The predicted octanol–water partition coefficient (Wildman–Crippen LogP) is 2.58. The first-order valence-electron chi connectivity index (χ1n) is 8.37. The maximum atomic E-state index is 12.9. The maximum absolute atomic E-state index is 12.9. The van der Waals surface area contributed by atoms with Gasteiger partial charge in [0.1, 0.15) is 0 Å². The molecule has 1 amide bonds. The van der Waals surface area contributed by atoms with Crippen LogP contribution < -0.4 is 14.9 Å². The second-order valence-electron chi connectivity index (χ2n) is 6.24. The standard InChI is InChI=1S/C19H25N3O3S.ClH/c1-14-8-10-17(11-9-14)22(4)26(24,25)18-7-5-6-16(12-18)19(23)21-13-15(2)20-3;/h5-12,15,20H,13H2,1-4H3,(H,21,23);1H. The van der Waals surface area contributed by atoms with Crippen LogP contribution >= 0.6 is 12.4 Å². The summed E-state index contributed by atoms with van der Waals surface area (Å²) in [5, 5.41) is 5.81. The molecule has 1 unspecified atom stereocenters. The third-order valence-electron chi connectivity index (χ3n) is 4.21. The quantitative estimate of drug-likeness (QED) is 0.734. The predicted molar refractivity (Wildman–Crippen MR) is 111 cm³/mol. The van der Waals surface area contributed by atoms with Crippen molar-refractivity contribution >= 4 is 34.0 Å². The molecule has 0 bridgehead atoms. The molecule has 2 rings (SSSR count). The van der Waals surface area contributed by atoms with Gasteiger partial charge in [-0.3, -0.25) is 9.10 Å². The minimum Gasteiger partial charge on any atom is -0.350 e. The molecule has 27 heavy (non-hydrogen) atoms. The molecule has 0 fully saturated rings. The van der Waals surface area contributed by atoms with Gasteiger partial charge in [-0.25, -0.2) is 8.42 Å². The Kier molecular flexibility index (Phi) is 8.27. The second-order valence-corrected chi connectivity index (χ2v) is 8.20. The molecule has 0 aliphatic rings. The van der Waals surface area contributed by atoms with Gasteiger partial charge in [0, 0.05) is 25.2 Å². The molecule has 2 aromatic carbocycles. The first-order valence-corrected chi connectivity index (χ1v) is 9.81. The van der Waals surface area contributed by atoms with E-state index in [2.05, 4.69) is 10.6 Å². The first kappa shape index (κ1) is 23.0. The number of carbonyl (C=O) groups excluding carboxylic acids is 1. The molecule has 0 aromatic heterocycles. The molecule has 1 atom stereocenters. The summed E-state index contributed by atoms with van der Waals surface area (Å²) in [6.45, 7) is 4.34. The van der Waals surface area contributed by atoms with E-state index in [1.807, 2.05) is 33.0 Å². The molecule has 6 nitrogen and oxygen atoms in total. The van der Waals surface area contributed by atoms with Crippen LogP contribution in [0.2, 0.25) is 0 Å². The van der Waals surface area contributed by atoms with Crippen LogP contribution in [0, 0.1) is 6.92 Å². The van der Waals surface area contributed by atoms with E-state index in [-0.39, 0.29) is 29.3 Å². The maximum Gasteiger partial charge on any atom is 0.264 e. The number of nitrogens with zero attached hydrogens (tertiary/aromatic N) is 1. The minimum atomic E-state index is -3.76. The Hall–Kier alpha value is -2.09. The fourth-order valence-electron chi connectivity index (χ4n) is 2.30. The molecule has 2 aromatic rings. The third kappa shape index (κ3) is 5.69. The highest BCUT2D eigenvalue weighted by atomic mass is 35.5. The lowest BCUT2D eigenvalue weighted by molar-refractivity contribution is 0.0950. The van der Waals surface area contributed by atoms with Gasteiger partial charge >= 0.3 is 0 Å². The van der Waals surface area contributed by atoms with Crippen molar-refractivity contribution in [3.05, 3.63) is 59.7 Å². The van der Waals surface area contributed by atoms with Gasteiger partial charge in [-0.15, -0.1) is 12.4 Å². The van der Waals surface area contributed by atoms with Crippen LogP contribution in [0.3, 0.4) is 0 Å². The largest absolute Gasteiger partial charge is 0.350 e. The average Bonchev–Trinajstić information content (AvgIpc) is 2.65. The molecule has 148 valence electrons. The summed E-state index contributed by atoms with van der Waals surface area (Å²) in [6, 6.07) is 13.4. The second kappa shape index (κ2) is 9.73. The number of hydrogen-bond acceptors (Lipinski definition) is 4. The van der Waals surface area contributed by atoms with E-state index in [0.29, 0.717) is 17.8 Å². The van der Waals surface area contributed by atoms with Gasteiger partial charge in [0.25, 0.3) is 15.9 Å². The van der Waals surface area contributed by atoms with Crippen molar-refractivity contribution in [2.75, 3.05) is 24.9 Å². The number of amides is 1. The van der Waals surface area contributed by atoms with Crippen LogP contribution in [0.25, 0.3) is 0 Å². The number of aryl methyl sites for hydroxylation is 1. The zero-order valence-electron chi connectivity index (χ0n) is 15.9. The lowest BCUT2D eigenvalue weighted by Crippen LogP contribution is -2.37. The minimum absolute atomic E-state index is 0. The summed E-state index contributed by atoms with van der Waals surface area (Å²) in [7, 11) is -0.444. The van der Waals surface area contributed by atoms with Crippen molar-refractivity contribution in [3.8, 4) is 0 Å². The topological polar surface area (TPSA) is 78.5 Å². The summed E-state index contributed by atoms with van der Waals surface area (Å²) < 4.78 is 27.0. The fraction of sp³-hybridized carbons (Fsp3) is 0.316. The van der Waals surface area contributed by atoms with Crippen molar-refractivity contribution < 1.29 is 13.2 Å². The molecular weight excluding hydrogens is 386 g/mol. The number of benzene rings is 2. The first-order chi connectivity index (χ1) is 12.3. The van der Waals surface area contributed by atoms with E-state index in [1.54, 1.807) is 24.3 Å². The number of carbonyl (C=O) groups is 1. The van der Waals surface area contributed by atoms with Crippen molar-refractivity contribution in [2.24, 2.45) is 0 Å². The normalized spacial score (nSPS) is 12.0. The van der Waals surface area contributed by atoms with Gasteiger partial charge in [0.05, 0.1) is 10.6 Å². The van der Waals surface area contributed by atoms with Crippen LogP contribution in [0.1, 0.15) is 22.8 Å². The molecule has 0 aliphatic carbocycles. The van der Waals surface area contributed by atoms with Crippen molar-refractivity contribution in [1.82, 2.24) is 10.6 Å². The Balaban J connectivity index is 0.00000364. The molecule has 0 saturated carbocycles. The van der Waals surface area contributed by atoms with Gasteiger partial charge in [0.15, 0.2) is 0 Å². The SMILES string of the molecule is CNC(C)CNC(=O)c1cccc(S(=O)(=O)N(C)c2ccc(C)cc2)c1.Cl. The van der Waals surface area contributed by atoms with Crippen LogP contribution in [-0.4, -0.2) is 41.0 Å². The van der Waals surface area contributed by atoms with Gasteiger partial charge in [0.2, 0.25) is 0 Å². The Bertz CT molecular complexity index is 870. The zero-order valence-corrected chi connectivity index (χ0v) is 17.5. The molecule has 0 aliphatic heterocycles. The number of hydrogen-bond donors (Lipinski definition) is 2. The Morgan fingerprint density at radius 1 is 1.15 bits per heavy atom. The van der Waals surface area contributed by atoms with E-state index in [9.17, 15) is 13.2 Å². The Morgan fingerprint density at radius 2 is 1.78 bits per heavy atom. The number of anilines is 1. The summed E-state index contributed by atoms with van der Waals surface area (Å²) in [6.07, 6.45) is 0. The van der Waals surface area contributed by atoms with E-state index < -0.39 is 10.0 Å². The summed E-state index contributed by atoms with van der Waals surface area (Å²) >= 11 is 0. The zero-order chi connectivity index (χ0) is 19.3. The number of likely N-dealkylation sites (N-methyl/N-ethyl adjacent to an activating group) is 1. The molecule has 8 heteroatoms. The fourth-order valence-corrected chi connectivity index (χ4v) is 3.54. The van der Waals surface area contributed by atoms with Crippen LogP contribution in [-0.2, 0) is 10.0 Å². The third-order valence-corrected chi connectivity index (χ3v) is 6.00. The lowest BCUT2D eigenvalue weighted by Gasteiger charge is -2.20. The average molecular weight is 412 g/mol. The van der Waals surface area contributed by atoms with Crippen molar-refractivity contribution in [3.63, 3.8) is 0 Å².